The van der Waals surface area contributed by atoms with Gasteiger partial charge in [-0.3, -0.25) is 4.79 Å². The summed E-state index contributed by atoms with van der Waals surface area (Å²) >= 11 is 0. The van der Waals surface area contributed by atoms with Gasteiger partial charge in [-0.1, -0.05) is 43.3 Å². The first-order valence-corrected chi connectivity index (χ1v) is 12.1. The van der Waals surface area contributed by atoms with Crippen molar-refractivity contribution in [3.63, 3.8) is 0 Å². The van der Waals surface area contributed by atoms with Crippen LogP contribution in [0.3, 0.4) is 0 Å². The summed E-state index contributed by atoms with van der Waals surface area (Å²) in [5.41, 5.74) is 7.02. The minimum atomic E-state index is -0.222. The van der Waals surface area contributed by atoms with Crippen LogP contribution in [0.4, 0.5) is 4.39 Å². The van der Waals surface area contributed by atoms with E-state index >= 15 is 4.39 Å². The number of rotatable bonds is 7. The minimum Gasteiger partial charge on any atom is -0.481 e. The van der Waals surface area contributed by atoms with E-state index in [-0.39, 0.29) is 23.4 Å². The molecule has 0 unspecified atom stereocenters. The van der Waals surface area contributed by atoms with Crippen molar-refractivity contribution in [1.29, 1.82) is 0 Å². The number of allylic oxidation sites excluding steroid dienone is 1. The monoisotopic (exact) mass is 455 g/mol. The van der Waals surface area contributed by atoms with Crippen LogP contribution in [0.15, 0.2) is 54.7 Å². The number of carbonyl (C=O) groups is 1. The Morgan fingerprint density at radius 1 is 1.06 bits per heavy atom. The number of benzene rings is 2. The molecule has 174 valence electrons. The highest BCUT2D eigenvalue weighted by Crippen LogP contribution is 2.47. The fourth-order valence-corrected chi connectivity index (χ4v) is 5.26. The largest absolute Gasteiger partial charge is 0.481 e. The Morgan fingerprint density at radius 2 is 1.85 bits per heavy atom. The van der Waals surface area contributed by atoms with Crippen LogP contribution in [-0.2, 0) is 11.2 Å². The van der Waals surface area contributed by atoms with E-state index in [1.54, 1.807) is 26.3 Å². The zero-order valence-corrected chi connectivity index (χ0v) is 20.0. The predicted molar refractivity (Wildman–Crippen MR) is 134 cm³/mol. The quantitative estimate of drug-likeness (QED) is 0.381. The maximum absolute atomic E-state index is 15.3. The molecule has 3 aromatic rings. The van der Waals surface area contributed by atoms with Crippen molar-refractivity contribution < 1.29 is 13.9 Å². The zero-order valence-electron chi connectivity index (χ0n) is 20.0. The molecular formula is C30H30FNO2. The fraction of sp³-hybridized carbons (Fsp3) is 0.333. The van der Waals surface area contributed by atoms with Gasteiger partial charge in [0.15, 0.2) is 0 Å². The average molecular weight is 456 g/mol. The Balaban J connectivity index is 1.46. The molecule has 3 nitrogen and oxygen atoms in total. The lowest BCUT2D eigenvalue weighted by atomic mass is 9.79. The molecule has 4 heteroatoms. The normalized spacial score (nSPS) is 16.9. The lowest BCUT2D eigenvalue weighted by Crippen LogP contribution is -2.19. The van der Waals surface area contributed by atoms with Gasteiger partial charge in [-0.2, -0.15) is 0 Å². The number of carbonyl (C=O) groups excluding carboxylic acids is 1. The zero-order chi connectivity index (χ0) is 23.8. The van der Waals surface area contributed by atoms with Crippen molar-refractivity contribution in [2.45, 2.75) is 45.4 Å². The van der Waals surface area contributed by atoms with E-state index in [1.807, 2.05) is 24.3 Å². The first-order chi connectivity index (χ1) is 16.4. The summed E-state index contributed by atoms with van der Waals surface area (Å²) in [5, 5.41) is 0. The lowest BCUT2D eigenvalue weighted by Gasteiger charge is -2.25. The van der Waals surface area contributed by atoms with Gasteiger partial charge in [0, 0.05) is 23.7 Å². The number of Topliss-reactive ketones (excluding diaryl/α,β-unsaturated/α-hetero) is 1. The molecule has 2 aliphatic rings. The molecule has 0 saturated heterocycles. The van der Waals surface area contributed by atoms with E-state index in [9.17, 15) is 4.79 Å². The van der Waals surface area contributed by atoms with Crippen molar-refractivity contribution >= 4 is 17.4 Å². The molecule has 0 N–H and O–H groups in total. The van der Waals surface area contributed by atoms with Crippen molar-refractivity contribution in [2.24, 2.45) is 11.8 Å². The summed E-state index contributed by atoms with van der Waals surface area (Å²) in [6.45, 7) is 3.76. The van der Waals surface area contributed by atoms with Gasteiger partial charge in [0.2, 0.25) is 5.88 Å². The topological polar surface area (TPSA) is 39.2 Å². The average Bonchev–Trinajstić information content (AvgIpc) is 3.68. The van der Waals surface area contributed by atoms with Crippen molar-refractivity contribution in [3.8, 4) is 17.0 Å². The number of aryl methyl sites for hydroxylation is 1. The number of ketones is 1. The molecule has 2 atom stereocenters. The Hall–Kier alpha value is -3.27. The van der Waals surface area contributed by atoms with Crippen LogP contribution < -0.4 is 4.74 Å². The van der Waals surface area contributed by atoms with E-state index in [2.05, 4.69) is 36.2 Å². The van der Waals surface area contributed by atoms with E-state index in [4.69, 9.17) is 4.74 Å². The standard InChI is InChI=1S/C30H30FNO2/c1-18(19(2)33)30(21-6-7-21)25-9-5-20-4-8-24(14-26(20)15-25)27-11-10-22(16-28(27)31)23-12-13-32-29(17-23)34-3/h5,9-18,21,30H,4,6-8H2,1-3H3/t18-,30-/m0/s1. The first-order valence-electron chi connectivity index (χ1n) is 12.1. The maximum atomic E-state index is 15.3. The SMILES string of the molecule is COc1cc(-c2ccc(C3=Cc4cc([C@H](C5CC5)[C@@H](C)C(C)=O)ccc4CC3)c(F)c2)ccn1. The number of hydrogen-bond donors (Lipinski definition) is 0. The molecule has 1 saturated carbocycles. The molecule has 0 spiro atoms. The Morgan fingerprint density at radius 3 is 2.56 bits per heavy atom. The molecule has 0 amide bonds. The van der Waals surface area contributed by atoms with Gasteiger partial charge in [-0.05, 0) is 90.0 Å². The Labute approximate surface area is 200 Å². The number of methoxy groups -OCH3 is 1. The van der Waals surface area contributed by atoms with Gasteiger partial charge >= 0.3 is 0 Å². The second kappa shape index (κ2) is 9.17. The van der Waals surface area contributed by atoms with Crippen LogP contribution in [0.1, 0.15) is 61.3 Å². The molecular weight excluding hydrogens is 425 g/mol. The van der Waals surface area contributed by atoms with E-state index in [1.165, 1.54) is 24.0 Å². The van der Waals surface area contributed by atoms with Crippen molar-refractivity contribution in [3.05, 3.63) is 82.8 Å². The second-order valence-electron chi connectivity index (χ2n) is 9.67. The number of fused-ring (bicyclic) bond motifs is 1. The highest BCUT2D eigenvalue weighted by atomic mass is 19.1. The van der Waals surface area contributed by atoms with Crippen molar-refractivity contribution in [1.82, 2.24) is 4.98 Å². The minimum absolute atomic E-state index is 0.0226. The third-order valence-corrected chi connectivity index (χ3v) is 7.45. The van der Waals surface area contributed by atoms with Crippen LogP contribution in [-0.4, -0.2) is 17.9 Å². The molecule has 1 aromatic heterocycles. The van der Waals surface area contributed by atoms with E-state index in [0.29, 0.717) is 17.4 Å². The lowest BCUT2D eigenvalue weighted by molar-refractivity contribution is -0.121. The van der Waals surface area contributed by atoms with Gasteiger partial charge in [-0.15, -0.1) is 0 Å². The number of halogens is 1. The summed E-state index contributed by atoms with van der Waals surface area (Å²) in [6, 6.07) is 15.7. The molecule has 2 aliphatic carbocycles. The number of hydrogen-bond acceptors (Lipinski definition) is 3. The third-order valence-electron chi connectivity index (χ3n) is 7.45. The highest BCUT2D eigenvalue weighted by molar-refractivity contribution is 5.86. The maximum Gasteiger partial charge on any atom is 0.213 e. The second-order valence-corrected chi connectivity index (χ2v) is 9.67. The third kappa shape index (κ3) is 4.42. The highest BCUT2D eigenvalue weighted by Gasteiger charge is 2.37. The molecule has 0 aliphatic heterocycles. The molecule has 5 rings (SSSR count). The fourth-order valence-electron chi connectivity index (χ4n) is 5.26. The number of ether oxygens (including phenoxy) is 1. The number of nitrogens with zero attached hydrogens (tertiary/aromatic N) is 1. The molecule has 0 radical (unpaired) electrons. The smallest absolute Gasteiger partial charge is 0.213 e. The summed E-state index contributed by atoms with van der Waals surface area (Å²) in [7, 11) is 1.57. The molecule has 34 heavy (non-hydrogen) atoms. The van der Waals surface area contributed by atoms with Crippen molar-refractivity contribution in [2.75, 3.05) is 7.11 Å². The number of aromatic nitrogens is 1. The summed E-state index contributed by atoms with van der Waals surface area (Å²) in [5.74, 6) is 1.43. The van der Waals surface area contributed by atoms with Crippen LogP contribution in [0.5, 0.6) is 5.88 Å². The van der Waals surface area contributed by atoms with E-state index < -0.39 is 0 Å². The van der Waals surface area contributed by atoms with Crippen LogP contribution in [0.25, 0.3) is 22.8 Å². The van der Waals surface area contributed by atoms with Gasteiger partial charge in [0.25, 0.3) is 0 Å². The Kier molecular flexibility index (Phi) is 6.07. The van der Waals surface area contributed by atoms with Crippen LogP contribution in [0, 0.1) is 17.7 Å². The summed E-state index contributed by atoms with van der Waals surface area (Å²) in [6.07, 6.45) is 7.89. The molecule has 0 bridgehead atoms. The van der Waals surface area contributed by atoms with Crippen LogP contribution >= 0.6 is 0 Å². The molecule has 1 fully saturated rings. The van der Waals surface area contributed by atoms with Gasteiger partial charge < -0.3 is 4.74 Å². The Bertz CT molecular complexity index is 1270. The number of pyridine rings is 1. The predicted octanol–water partition coefficient (Wildman–Crippen LogP) is 7.10. The summed E-state index contributed by atoms with van der Waals surface area (Å²) in [4.78, 5) is 16.3. The summed E-state index contributed by atoms with van der Waals surface area (Å²) < 4.78 is 20.5. The van der Waals surface area contributed by atoms with Gasteiger partial charge in [0.1, 0.15) is 11.6 Å². The van der Waals surface area contributed by atoms with Gasteiger partial charge in [-0.25, -0.2) is 9.37 Å². The molecule has 1 heterocycles. The van der Waals surface area contributed by atoms with Crippen LogP contribution in [0.2, 0.25) is 0 Å². The van der Waals surface area contributed by atoms with Gasteiger partial charge in [0.05, 0.1) is 7.11 Å². The first kappa shape index (κ1) is 22.5. The van der Waals surface area contributed by atoms with E-state index in [0.717, 1.165) is 35.1 Å². The molecule has 2 aromatic carbocycles.